The number of aryl methyl sites for hydroxylation is 1. The molecule has 2 aromatic rings. The second-order valence-electron chi connectivity index (χ2n) is 3.26. The molecule has 5 nitrogen and oxygen atoms in total. The van der Waals surface area contributed by atoms with Crippen LogP contribution in [0.2, 0.25) is 5.15 Å². The first kappa shape index (κ1) is 11.6. The number of aromatic nitrogens is 2. The molecule has 0 radical (unpaired) electrons. The zero-order chi connectivity index (χ0) is 12.3. The Labute approximate surface area is 103 Å². The smallest absolute Gasteiger partial charge is 0.260 e. The second-order valence-corrected chi connectivity index (χ2v) is 3.62. The van der Waals surface area contributed by atoms with Crippen molar-refractivity contribution in [2.75, 3.05) is 5.32 Å². The summed E-state index contributed by atoms with van der Waals surface area (Å²) >= 11 is 5.79. The summed E-state index contributed by atoms with van der Waals surface area (Å²) in [7, 11) is 0. The van der Waals surface area contributed by atoms with Crippen molar-refractivity contribution in [3.05, 3.63) is 41.2 Å². The number of carbonyl (C=O) groups is 1. The normalized spacial score (nSPS) is 10.2. The Hall–Kier alpha value is -1.88. The first-order valence-corrected chi connectivity index (χ1v) is 5.44. The summed E-state index contributed by atoms with van der Waals surface area (Å²) in [6.45, 7) is 1.91. The molecule has 2 heterocycles. The Morgan fingerprint density at radius 1 is 1.47 bits per heavy atom. The molecule has 0 aromatic carbocycles. The van der Waals surface area contributed by atoms with Crippen LogP contribution in [-0.4, -0.2) is 15.9 Å². The van der Waals surface area contributed by atoms with E-state index in [4.69, 9.17) is 16.0 Å². The summed E-state index contributed by atoms with van der Waals surface area (Å²) in [6, 6.07) is 1.61. The van der Waals surface area contributed by atoms with Crippen LogP contribution in [0.5, 0.6) is 0 Å². The molecule has 0 saturated carbocycles. The predicted octanol–water partition coefficient (Wildman–Crippen LogP) is 2.54. The summed E-state index contributed by atoms with van der Waals surface area (Å²) in [5, 5.41) is 2.74. The Kier molecular flexibility index (Phi) is 3.39. The first-order valence-electron chi connectivity index (χ1n) is 5.06. The third-order valence-electron chi connectivity index (χ3n) is 2.20. The van der Waals surface area contributed by atoms with E-state index in [0.29, 0.717) is 17.7 Å². The molecule has 0 fully saturated rings. The van der Waals surface area contributed by atoms with Crippen LogP contribution < -0.4 is 5.32 Å². The highest BCUT2D eigenvalue weighted by molar-refractivity contribution is 6.32. The van der Waals surface area contributed by atoms with E-state index in [-0.39, 0.29) is 16.9 Å². The van der Waals surface area contributed by atoms with Crippen LogP contribution in [0, 0.1) is 0 Å². The zero-order valence-electron chi connectivity index (χ0n) is 9.11. The minimum absolute atomic E-state index is 0.155. The summed E-state index contributed by atoms with van der Waals surface area (Å²) in [4.78, 5) is 19.7. The van der Waals surface area contributed by atoms with Crippen molar-refractivity contribution in [1.82, 2.24) is 9.97 Å². The average Bonchev–Trinajstić information content (AvgIpc) is 2.80. The molecule has 0 spiro atoms. The first-order chi connectivity index (χ1) is 8.22. The summed E-state index contributed by atoms with van der Waals surface area (Å²) in [5.41, 5.74) is 0.481. The molecule has 17 heavy (non-hydrogen) atoms. The van der Waals surface area contributed by atoms with Crippen LogP contribution in [-0.2, 0) is 6.42 Å². The van der Waals surface area contributed by atoms with Crippen LogP contribution in [0.1, 0.15) is 23.0 Å². The number of nitrogens with zero attached hydrogens (tertiary/aromatic N) is 2. The summed E-state index contributed by atoms with van der Waals surface area (Å²) in [6.07, 6.45) is 5.03. The molecular formula is C11H10ClN3O2. The maximum Gasteiger partial charge on any atom is 0.260 e. The van der Waals surface area contributed by atoms with E-state index in [2.05, 4.69) is 15.3 Å². The minimum Gasteiger partial charge on any atom is -0.469 e. The number of carbonyl (C=O) groups excluding carboxylic acids is 1. The van der Waals surface area contributed by atoms with Crippen molar-refractivity contribution in [1.29, 1.82) is 0 Å². The van der Waals surface area contributed by atoms with E-state index in [1.54, 1.807) is 6.07 Å². The van der Waals surface area contributed by atoms with E-state index < -0.39 is 0 Å². The van der Waals surface area contributed by atoms with Crippen LogP contribution in [0.4, 0.5) is 5.82 Å². The average molecular weight is 252 g/mol. The number of rotatable bonds is 3. The number of hydrogen-bond donors (Lipinski definition) is 1. The Morgan fingerprint density at radius 3 is 2.94 bits per heavy atom. The maximum atomic E-state index is 11.9. The van der Waals surface area contributed by atoms with E-state index in [9.17, 15) is 4.79 Å². The molecule has 1 N–H and O–H groups in total. The van der Waals surface area contributed by atoms with Gasteiger partial charge in [0.25, 0.3) is 5.91 Å². The van der Waals surface area contributed by atoms with Crippen LogP contribution in [0.15, 0.2) is 29.1 Å². The molecular weight excluding hydrogens is 242 g/mol. The van der Waals surface area contributed by atoms with Gasteiger partial charge in [-0.25, -0.2) is 9.97 Å². The van der Waals surface area contributed by atoms with E-state index >= 15 is 0 Å². The van der Waals surface area contributed by atoms with Gasteiger partial charge in [-0.15, -0.1) is 0 Å². The predicted molar refractivity (Wildman–Crippen MR) is 63.1 cm³/mol. The molecule has 6 heteroatoms. The number of anilines is 1. The van der Waals surface area contributed by atoms with Gasteiger partial charge in [0.2, 0.25) is 0 Å². The molecule has 88 valence electrons. The molecule has 0 aliphatic carbocycles. The molecule has 0 atom stereocenters. The number of amides is 1. The molecule has 0 bridgehead atoms. The van der Waals surface area contributed by atoms with Gasteiger partial charge >= 0.3 is 0 Å². The zero-order valence-corrected chi connectivity index (χ0v) is 9.86. The molecule has 0 aliphatic heterocycles. The van der Waals surface area contributed by atoms with Gasteiger partial charge in [0.1, 0.15) is 5.76 Å². The fraction of sp³-hybridized carbons (Fsp3) is 0.182. The SMILES string of the molecule is CCc1occc1C(=O)Nc1nccnc1Cl. The third-order valence-corrected chi connectivity index (χ3v) is 2.47. The van der Waals surface area contributed by atoms with Crippen molar-refractivity contribution >= 4 is 23.3 Å². The van der Waals surface area contributed by atoms with E-state index in [1.165, 1.54) is 18.7 Å². The Bertz CT molecular complexity index is 539. The van der Waals surface area contributed by atoms with Crippen molar-refractivity contribution < 1.29 is 9.21 Å². The molecule has 2 rings (SSSR count). The number of furan rings is 1. The fourth-order valence-electron chi connectivity index (χ4n) is 1.40. The van der Waals surface area contributed by atoms with Crippen LogP contribution in [0.3, 0.4) is 0 Å². The quantitative estimate of drug-likeness (QED) is 0.910. The number of halogens is 1. The van der Waals surface area contributed by atoms with Crippen molar-refractivity contribution in [2.24, 2.45) is 0 Å². The van der Waals surface area contributed by atoms with Gasteiger partial charge in [-0.3, -0.25) is 4.79 Å². The largest absolute Gasteiger partial charge is 0.469 e. The molecule has 1 amide bonds. The Balaban J connectivity index is 2.20. The van der Waals surface area contributed by atoms with Gasteiger partial charge in [0, 0.05) is 18.8 Å². The number of hydrogen-bond acceptors (Lipinski definition) is 4. The van der Waals surface area contributed by atoms with Crippen molar-refractivity contribution in [3.8, 4) is 0 Å². The number of nitrogens with one attached hydrogen (secondary N) is 1. The highest BCUT2D eigenvalue weighted by Gasteiger charge is 2.15. The van der Waals surface area contributed by atoms with Gasteiger partial charge in [-0.2, -0.15) is 0 Å². The Morgan fingerprint density at radius 2 is 2.24 bits per heavy atom. The third kappa shape index (κ3) is 2.45. The van der Waals surface area contributed by atoms with Gasteiger partial charge in [0.15, 0.2) is 11.0 Å². The highest BCUT2D eigenvalue weighted by Crippen LogP contribution is 2.17. The molecule has 0 unspecified atom stereocenters. The lowest BCUT2D eigenvalue weighted by molar-refractivity contribution is 0.102. The van der Waals surface area contributed by atoms with Crippen LogP contribution in [0.25, 0.3) is 0 Å². The maximum absolute atomic E-state index is 11.9. The molecule has 2 aromatic heterocycles. The summed E-state index contributed by atoms with van der Waals surface area (Å²) < 4.78 is 5.17. The molecule has 0 saturated heterocycles. The fourth-order valence-corrected chi connectivity index (χ4v) is 1.55. The molecule has 0 aliphatic rings. The van der Waals surface area contributed by atoms with Gasteiger partial charge in [0.05, 0.1) is 11.8 Å². The minimum atomic E-state index is -0.307. The summed E-state index contributed by atoms with van der Waals surface area (Å²) in [5.74, 6) is 0.558. The van der Waals surface area contributed by atoms with Crippen LogP contribution >= 0.6 is 11.6 Å². The lowest BCUT2D eigenvalue weighted by atomic mass is 10.2. The topological polar surface area (TPSA) is 68.0 Å². The monoisotopic (exact) mass is 251 g/mol. The lowest BCUT2D eigenvalue weighted by Gasteiger charge is -2.04. The van der Waals surface area contributed by atoms with E-state index in [1.807, 2.05) is 6.92 Å². The van der Waals surface area contributed by atoms with Crippen molar-refractivity contribution in [2.45, 2.75) is 13.3 Å². The standard InChI is InChI=1S/C11H10ClN3O2/c1-2-8-7(3-6-17-8)11(16)15-10-9(12)13-4-5-14-10/h3-6H,2H2,1H3,(H,14,15,16). The van der Waals surface area contributed by atoms with Crippen molar-refractivity contribution in [3.63, 3.8) is 0 Å². The highest BCUT2D eigenvalue weighted by atomic mass is 35.5. The van der Waals surface area contributed by atoms with Gasteiger partial charge in [-0.05, 0) is 6.07 Å². The lowest BCUT2D eigenvalue weighted by Crippen LogP contribution is -2.14. The van der Waals surface area contributed by atoms with E-state index in [0.717, 1.165) is 0 Å². The van der Waals surface area contributed by atoms with Gasteiger partial charge < -0.3 is 9.73 Å². The van der Waals surface area contributed by atoms with Gasteiger partial charge in [-0.1, -0.05) is 18.5 Å². The second kappa shape index (κ2) is 4.97.